The lowest BCUT2D eigenvalue weighted by molar-refractivity contribution is -0.167. The number of hydrogen-bond donors (Lipinski definition) is 0. The molecule has 0 spiro atoms. The second-order valence-electron chi connectivity index (χ2n) is 17.4. The maximum Gasteiger partial charge on any atom is 0.306 e. The maximum absolute atomic E-state index is 12.8. The molecule has 6 nitrogen and oxygen atoms in total. The number of carbonyl (C=O) groups excluding carboxylic acids is 3. The number of esters is 3. The Kier molecular flexibility index (Phi) is 50.0. The van der Waals surface area contributed by atoms with E-state index in [4.69, 9.17) is 14.2 Å². The lowest BCUT2D eigenvalue weighted by Gasteiger charge is -2.18. The van der Waals surface area contributed by atoms with Crippen LogP contribution in [-0.2, 0) is 28.6 Å². The van der Waals surface area contributed by atoms with Crippen LogP contribution in [0.5, 0.6) is 0 Å². The summed E-state index contributed by atoms with van der Waals surface area (Å²) in [5, 5.41) is 0. The van der Waals surface area contributed by atoms with E-state index in [0.717, 1.165) is 135 Å². The molecule has 0 saturated heterocycles. The van der Waals surface area contributed by atoms with Crippen LogP contribution < -0.4 is 0 Å². The molecule has 0 aliphatic carbocycles. The fourth-order valence-electron chi connectivity index (χ4n) is 7.13. The molecule has 6 heteroatoms. The molecular weight excluding hydrogens is 805 g/mol. The van der Waals surface area contributed by atoms with Gasteiger partial charge in [-0.25, -0.2) is 0 Å². The summed E-state index contributed by atoms with van der Waals surface area (Å²) in [5.74, 6) is -0.945. The summed E-state index contributed by atoms with van der Waals surface area (Å²) >= 11 is 0. The Hall–Kier alpha value is -3.67. The van der Waals surface area contributed by atoms with Crippen LogP contribution in [0.4, 0.5) is 0 Å². The molecule has 65 heavy (non-hydrogen) atoms. The monoisotopic (exact) mass is 903 g/mol. The third kappa shape index (κ3) is 51.2. The Morgan fingerprint density at radius 1 is 0.323 bits per heavy atom. The zero-order valence-corrected chi connectivity index (χ0v) is 42.2. The van der Waals surface area contributed by atoms with Crippen LogP contribution >= 0.6 is 0 Å². The molecule has 0 bridgehead atoms. The normalized spacial score (nSPS) is 12.8. The first-order valence-electron chi connectivity index (χ1n) is 26.7. The standard InChI is InChI=1S/C59H98O6/c1-4-7-10-13-16-19-22-25-27-28-29-30-32-34-37-40-43-46-49-52-58(61)64-55-56(54-63-57(60)51-48-45-42-39-36-33-24-21-18-15-12-9-6-3)65-59(62)53-50-47-44-41-38-35-31-26-23-20-17-14-11-8-5-2/h7-8,10-11,16-17,19-20,25-27,29-31,34,37,56H,4-6,9,12-15,18,21-24,28,32-33,35-36,38-55H2,1-3H3/b10-7-,11-8-,19-16-,20-17-,27-25-,30-29-,31-26-,37-34-/t56-/m1/s1. The first-order valence-corrected chi connectivity index (χ1v) is 26.7. The number of unbranched alkanes of at least 4 members (excludes halogenated alkanes) is 20. The molecule has 0 radical (unpaired) electrons. The molecule has 0 amide bonds. The molecule has 0 saturated carbocycles. The van der Waals surface area contributed by atoms with Gasteiger partial charge >= 0.3 is 17.9 Å². The van der Waals surface area contributed by atoms with Crippen molar-refractivity contribution in [2.45, 2.75) is 245 Å². The second kappa shape index (κ2) is 52.9. The average Bonchev–Trinajstić information content (AvgIpc) is 3.30. The van der Waals surface area contributed by atoms with Crippen molar-refractivity contribution in [3.8, 4) is 0 Å². The molecule has 0 aromatic heterocycles. The molecule has 0 fully saturated rings. The highest BCUT2D eigenvalue weighted by Gasteiger charge is 2.19. The van der Waals surface area contributed by atoms with Gasteiger partial charge in [0.2, 0.25) is 0 Å². The fourth-order valence-corrected chi connectivity index (χ4v) is 7.13. The molecule has 0 aromatic carbocycles. The molecular formula is C59H98O6. The minimum atomic E-state index is -0.799. The molecule has 0 aliphatic rings. The van der Waals surface area contributed by atoms with Gasteiger partial charge in [-0.1, -0.05) is 221 Å². The molecule has 0 aliphatic heterocycles. The van der Waals surface area contributed by atoms with E-state index >= 15 is 0 Å². The van der Waals surface area contributed by atoms with Crippen molar-refractivity contribution < 1.29 is 28.6 Å². The molecule has 1 atom stereocenters. The van der Waals surface area contributed by atoms with Crippen molar-refractivity contribution in [3.05, 3.63) is 97.2 Å². The van der Waals surface area contributed by atoms with E-state index in [1.165, 1.54) is 64.2 Å². The Morgan fingerprint density at radius 2 is 0.600 bits per heavy atom. The summed E-state index contributed by atoms with van der Waals surface area (Å²) in [7, 11) is 0. The van der Waals surface area contributed by atoms with Crippen LogP contribution in [0.25, 0.3) is 0 Å². The highest BCUT2D eigenvalue weighted by molar-refractivity contribution is 5.71. The van der Waals surface area contributed by atoms with Crippen molar-refractivity contribution in [3.63, 3.8) is 0 Å². The summed E-state index contributed by atoms with van der Waals surface area (Å²) in [6.07, 6.45) is 69.6. The van der Waals surface area contributed by atoms with Crippen molar-refractivity contribution in [2.75, 3.05) is 13.2 Å². The van der Waals surface area contributed by atoms with Crippen LogP contribution in [0.15, 0.2) is 97.2 Å². The topological polar surface area (TPSA) is 78.9 Å². The predicted molar refractivity (Wildman–Crippen MR) is 279 cm³/mol. The molecule has 0 unspecified atom stereocenters. The summed E-state index contributed by atoms with van der Waals surface area (Å²) in [6.45, 7) is 6.37. The first kappa shape index (κ1) is 61.3. The van der Waals surface area contributed by atoms with Crippen LogP contribution in [0.1, 0.15) is 239 Å². The van der Waals surface area contributed by atoms with E-state index in [-0.39, 0.29) is 31.1 Å². The van der Waals surface area contributed by atoms with Gasteiger partial charge in [-0.2, -0.15) is 0 Å². The number of allylic oxidation sites excluding steroid dienone is 16. The predicted octanol–water partition coefficient (Wildman–Crippen LogP) is 17.8. The minimum absolute atomic E-state index is 0.0945. The van der Waals surface area contributed by atoms with Crippen molar-refractivity contribution in [2.24, 2.45) is 0 Å². The van der Waals surface area contributed by atoms with E-state index in [1.54, 1.807) is 0 Å². The quantitative estimate of drug-likeness (QED) is 0.0262. The summed E-state index contributed by atoms with van der Waals surface area (Å²) in [5.41, 5.74) is 0. The third-order valence-corrected chi connectivity index (χ3v) is 11.1. The van der Waals surface area contributed by atoms with Crippen molar-refractivity contribution >= 4 is 17.9 Å². The first-order chi connectivity index (χ1) is 32.0. The van der Waals surface area contributed by atoms with Crippen LogP contribution in [0, 0.1) is 0 Å². The van der Waals surface area contributed by atoms with Crippen LogP contribution in [-0.4, -0.2) is 37.2 Å². The van der Waals surface area contributed by atoms with Crippen LogP contribution in [0.3, 0.4) is 0 Å². The van der Waals surface area contributed by atoms with E-state index in [0.29, 0.717) is 19.3 Å². The Balaban J connectivity index is 4.47. The van der Waals surface area contributed by atoms with Gasteiger partial charge in [0.1, 0.15) is 13.2 Å². The number of ether oxygens (including phenoxy) is 3. The Labute approximate surface area is 400 Å². The van der Waals surface area contributed by atoms with Gasteiger partial charge in [0.15, 0.2) is 6.10 Å². The van der Waals surface area contributed by atoms with Gasteiger partial charge in [0.25, 0.3) is 0 Å². The second-order valence-corrected chi connectivity index (χ2v) is 17.4. The van der Waals surface area contributed by atoms with Crippen molar-refractivity contribution in [1.82, 2.24) is 0 Å². The van der Waals surface area contributed by atoms with Gasteiger partial charge in [-0.15, -0.1) is 0 Å². The largest absolute Gasteiger partial charge is 0.462 e. The molecule has 0 aromatic rings. The molecule has 0 heterocycles. The SMILES string of the molecule is CC/C=C\C/C=C\C/C=C\C/C=C\C/C=C\CCCCCC(=O)OC[C@@H](COC(=O)CCCCCCCCCCCCCCC)OC(=O)CCCCCCC/C=C\C/C=C\C/C=C\CC. The average molecular weight is 903 g/mol. The Bertz CT molecular complexity index is 1310. The van der Waals surface area contributed by atoms with E-state index in [9.17, 15) is 14.4 Å². The lowest BCUT2D eigenvalue weighted by atomic mass is 10.0. The zero-order chi connectivity index (χ0) is 47.2. The minimum Gasteiger partial charge on any atom is -0.462 e. The summed E-state index contributed by atoms with van der Waals surface area (Å²) < 4.78 is 16.8. The number of hydrogen-bond acceptors (Lipinski definition) is 6. The molecule has 0 N–H and O–H groups in total. The Morgan fingerprint density at radius 3 is 0.954 bits per heavy atom. The van der Waals surface area contributed by atoms with Gasteiger partial charge in [-0.05, 0) is 96.3 Å². The molecule has 0 rings (SSSR count). The fraction of sp³-hybridized carbons (Fsp3) is 0.678. The number of carbonyl (C=O) groups is 3. The van der Waals surface area contributed by atoms with Gasteiger partial charge in [-0.3, -0.25) is 14.4 Å². The maximum atomic E-state index is 12.8. The lowest BCUT2D eigenvalue weighted by Crippen LogP contribution is -2.30. The van der Waals surface area contributed by atoms with Gasteiger partial charge < -0.3 is 14.2 Å². The summed E-state index contributed by atoms with van der Waals surface area (Å²) in [4.78, 5) is 38.0. The zero-order valence-electron chi connectivity index (χ0n) is 42.2. The van der Waals surface area contributed by atoms with E-state index in [2.05, 4.69) is 118 Å². The van der Waals surface area contributed by atoms with Crippen molar-refractivity contribution in [1.29, 1.82) is 0 Å². The van der Waals surface area contributed by atoms with E-state index in [1.807, 2.05) is 0 Å². The third-order valence-electron chi connectivity index (χ3n) is 11.1. The highest BCUT2D eigenvalue weighted by Crippen LogP contribution is 2.14. The highest BCUT2D eigenvalue weighted by atomic mass is 16.6. The molecule has 370 valence electrons. The van der Waals surface area contributed by atoms with Crippen LogP contribution in [0.2, 0.25) is 0 Å². The number of rotatable bonds is 47. The van der Waals surface area contributed by atoms with Gasteiger partial charge in [0.05, 0.1) is 0 Å². The van der Waals surface area contributed by atoms with E-state index < -0.39 is 6.10 Å². The summed E-state index contributed by atoms with van der Waals surface area (Å²) in [6, 6.07) is 0. The van der Waals surface area contributed by atoms with Gasteiger partial charge in [0, 0.05) is 19.3 Å². The smallest absolute Gasteiger partial charge is 0.306 e.